The molecule has 0 bridgehead atoms. The van der Waals surface area contributed by atoms with Gasteiger partial charge < -0.3 is 15.1 Å². The first kappa shape index (κ1) is 24.6. The molecule has 7 nitrogen and oxygen atoms in total. The number of rotatable bonds is 7. The summed E-state index contributed by atoms with van der Waals surface area (Å²) in [6.45, 7) is 3.36. The molecule has 7 heteroatoms. The molecule has 0 aromatic heterocycles. The average molecular weight is 437 g/mol. The van der Waals surface area contributed by atoms with E-state index in [9.17, 15) is 9.59 Å². The van der Waals surface area contributed by atoms with E-state index in [1.165, 1.54) is 5.56 Å². The van der Waals surface area contributed by atoms with Gasteiger partial charge in [0.05, 0.1) is 24.3 Å². The molecule has 3 rings (SSSR count). The summed E-state index contributed by atoms with van der Waals surface area (Å²) in [5.74, 6) is -1.42. The van der Waals surface area contributed by atoms with Crippen LogP contribution >= 0.6 is 0 Å². The quantitative estimate of drug-likeness (QED) is 0.432. The number of aliphatic hydroxyl groups is 2. The predicted molar refractivity (Wildman–Crippen MR) is 121 cm³/mol. The fourth-order valence-corrected chi connectivity index (χ4v) is 2.69. The summed E-state index contributed by atoms with van der Waals surface area (Å²) in [5, 5.41) is 17.7. The van der Waals surface area contributed by atoms with E-state index in [0.29, 0.717) is 24.2 Å². The highest BCUT2D eigenvalue weighted by molar-refractivity contribution is 5.92. The second-order valence-corrected chi connectivity index (χ2v) is 6.74. The first-order valence-electron chi connectivity index (χ1n) is 10.1. The lowest BCUT2D eigenvalue weighted by atomic mass is 10.2. The van der Waals surface area contributed by atoms with Gasteiger partial charge in [0.1, 0.15) is 0 Å². The number of carbonyl (C=O) groups is 2. The van der Waals surface area contributed by atoms with Gasteiger partial charge in [0.15, 0.2) is 0 Å². The Morgan fingerprint density at radius 3 is 1.47 bits per heavy atom. The predicted octanol–water partition coefficient (Wildman–Crippen LogP) is 3.40. The first-order chi connectivity index (χ1) is 15.5. The lowest BCUT2D eigenvalue weighted by molar-refractivity contribution is -0.187. The maximum absolute atomic E-state index is 11.5. The zero-order valence-corrected chi connectivity index (χ0v) is 17.9. The minimum absolute atomic E-state index is 0.105. The van der Waals surface area contributed by atoms with Crippen molar-refractivity contribution in [2.45, 2.75) is 6.92 Å². The molecule has 0 unspecified atom stereocenters. The van der Waals surface area contributed by atoms with Gasteiger partial charge in [-0.1, -0.05) is 54.1 Å². The molecule has 0 aliphatic heterocycles. The smallest absolute Gasteiger partial charge is 0.386 e. The summed E-state index contributed by atoms with van der Waals surface area (Å²) in [6.07, 6.45) is 0. The van der Waals surface area contributed by atoms with Crippen LogP contribution in [0, 0.1) is 6.92 Å². The Morgan fingerprint density at radius 1 is 0.688 bits per heavy atom. The Morgan fingerprint density at radius 2 is 1.09 bits per heavy atom. The summed E-state index contributed by atoms with van der Waals surface area (Å²) in [5.41, 5.74) is 2.89. The molecular weight excluding hydrogens is 410 g/mol. The standard InChI is InChI=1S/C14H10O4.C11H17NO2/c15-13(11-7-3-1-4-8-11)17-18-14(16)12-9-5-2-6-10-12;1-10-2-4-11(5-3-10)12(6-8-13)7-9-14/h1-10H;2-5,13-14H,6-9H2,1H3. The minimum Gasteiger partial charge on any atom is -0.395 e. The van der Waals surface area contributed by atoms with E-state index in [1.807, 2.05) is 36.1 Å². The average Bonchev–Trinajstić information content (AvgIpc) is 2.84. The molecule has 3 aromatic carbocycles. The summed E-state index contributed by atoms with van der Waals surface area (Å²) in [4.78, 5) is 33.8. The van der Waals surface area contributed by atoms with E-state index in [1.54, 1.807) is 60.7 Å². The topological polar surface area (TPSA) is 96.3 Å². The van der Waals surface area contributed by atoms with Gasteiger partial charge >= 0.3 is 11.9 Å². The van der Waals surface area contributed by atoms with Crippen molar-refractivity contribution in [1.82, 2.24) is 0 Å². The Bertz CT molecular complexity index is 888. The highest BCUT2D eigenvalue weighted by Gasteiger charge is 2.13. The Hall–Kier alpha value is -3.68. The molecule has 0 aliphatic carbocycles. The monoisotopic (exact) mass is 437 g/mol. The molecule has 168 valence electrons. The number of nitrogens with zero attached hydrogens (tertiary/aromatic N) is 1. The van der Waals surface area contributed by atoms with Crippen molar-refractivity contribution in [1.29, 1.82) is 0 Å². The van der Waals surface area contributed by atoms with Crippen LogP contribution in [0.25, 0.3) is 0 Å². The molecule has 0 heterocycles. The lowest BCUT2D eigenvalue weighted by Crippen LogP contribution is -2.29. The van der Waals surface area contributed by atoms with Crippen molar-refractivity contribution in [3.05, 3.63) is 102 Å². The van der Waals surface area contributed by atoms with Crippen molar-refractivity contribution in [3.8, 4) is 0 Å². The van der Waals surface area contributed by atoms with Gasteiger partial charge in [-0.3, -0.25) is 0 Å². The molecule has 0 fully saturated rings. The van der Waals surface area contributed by atoms with Gasteiger partial charge in [0, 0.05) is 18.8 Å². The Kier molecular flexibility index (Phi) is 10.4. The number of hydrogen-bond acceptors (Lipinski definition) is 7. The zero-order chi connectivity index (χ0) is 23.2. The minimum atomic E-state index is -0.708. The molecule has 3 aromatic rings. The highest BCUT2D eigenvalue weighted by atomic mass is 17.2. The molecule has 32 heavy (non-hydrogen) atoms. The first-order valence-corrected chi connectivity index (χ1v) is 10.1. The molecular formula is C25H27NO6. The second-order valence-electron chi connectivity index (χ2n) is 6.74. The van der Waals surface area contributed by atoms with E-state index < -0.39 is 11.9 Å². The molecule has 0 atom stereocenters. The van der Waals surface area contributed by atoms with Gasteiger partial charge in [-0.05, 0) is 43.3 Å². The number of aliphatic hydroxyl groups excluding tert-OH is 2. The van der Waals surface area contributed by atoms with Gasteiger partial charge in [0.2, 0.25) is 0 Å². The van der Waals surface area contributed by atoms with Crippen LogP contribution in [-0.2, 0) is 9.78 Å². The van der Waals surface area contributed by atoms with Crippen LogP contribution in [0.3, 0.4) is 0 Å². The SMILES string of the molecule is Cc1ccc(N(CCO)CCO)cc1.O=C(OOC(=O)c1ccccc1)c1ccccc1. The summed E-state index contributed by atoms with van der Waals surface area (Å²) >= 11 is 0. The molecule has 0 saturated carbocycles. The molecule has 0 aliphatic rings. The van der Waals surface area contributed by atoms with Crippen LogP contribution in [0.15, 0.2) is 84.9 Å². The lowest BCUT2D eigenvalue weighted by Gasteiger charge is -2.22. The van der Waals surface area contributed by atoms with Crippen molar-refractivity contribution in [3.63, 3.8) is 0 Å². The van der Waals surface area contributed by atoms with Crippen molar-refractivity contribution in [2.24, 2.45) is 0 Å². The number of aryl methyl sites for hydroxylation is 1. The number of carbonyl (C=O) groups excluding carboxylic acids is 2. The van der Waals surface area contributed by atoms with Gasteiger partial charge in [0.25, 0.3) is 0 Å². The number of benzene rings is 3. The van der Waals surface area contributed by atoms with Crippen molar-refractivity contribution < 1.29 is 29.6 Å². The van der Waals surface area contributed by atoms with Crippen LogP contribution in [0.1, 0.15) is 26.3 Å². The maximum atomic E-state index is 11.5. The number of anilines is 1. The van der Waals surface area contributed by atoms with Crippen molar-refractivity contribution in [2.75, 3.05) is 31.2 Å². The van der Waals surface area contributed by atoms with Gasteiger partial charge in [-0.2, -0.15) is 0 Å². The van der Waals surface area contributed by atoms with Gasteiger partial charge in [-0.15, -0.1) is 0 Å². The van der Waals surface area contributed by atoms with Crippen LogP contribution < -0.4 is 4.90 Å². The third kappa shape index (κ3) is 8.22. The Labute approximate surface area is 187 Å². The molecule has 0 radical (unpaired) electrons. The molecule has 0 saturated heterocycles. The number of hydrogen-bond donors (Lipinski definition) is 2. The van der Waals surface area contributed by atoms with E-state index in [2.05, 4.69) is 9.78 Å². The largest absolute Gasteiger partial charge is 0.395 e. The zero-order valence-electron chi connectivity index (χ0n) is 17.9. The van der Waals surface area contributed by atoms with Crippen LogP contribution in [-0.4, -0.2) is 48.5 Å². The van der Waals surface area contributed by atoms with E-state index >= 15 is 0 Å². The van der Waals surface area contributed by atoms with Gasteiger partial charge in [-0.25, -0.2) is 19.4 Å². The van der Waals surface area contributed by atoms with Crippen LogP contribution in [0.4, 0.5) is 5.69 Å². The molecule has 0 spiro atoms. The van der Waals surface area contributed by atoms with Crippen molar-refractivity contribution >= 4 is 17.6 Å². The van der Waals surface area contributed by atoms with E-state index in [-0.39, 0.29) is 13.2 Å². The van der Waals surface area contributed by atoms with Crippen LogP contribution in [0.2, 0.25) is 0 Å². The van der Waals surface area contributed by atoms with E-state index in [4.69, 9.17) is 10.2 Å². The van der Waals surface area contributed by atoms with Crippen LogP contribution in [0.5, 0.6) is 0 Å². The molecule has 0 amide bonds. The fraction of sp³-hybridized carbons (Fsp3) is 0.200. The maximum Gasteiger partial charge on any atom is 0.386 e. The Balaban J connectivity index is 0.000000235. The highest BCUT2D eigenvalue weighted by Crippen LogP contribution is 2.14. The molecule has 2 N–H and O–H groups in total. The summed E-state index contributed by atoms with van der Waals surface area (Å²) < 4.78 is 0. The summed E-state index contributed by atoms with van der Waals surface area (Å²) in [6, 6.07) is 24.6. The second kappa shape index (κ2) is 13.6. The third-order valence-corrected chi connectivity index (χ3v) is 4.35. The fourth-order valence-electron chi connectivity index (χ4n) is 2.69. The normalized spacial score (nSPS) is 9.84. The summed E-state index contributed by atoms with van der Waals surface area (Å²) in [7, 11) is 0. The third-order valence-electron chi connectivity index (χ3n) is 4.35. The van der Waals surface area contributed by atoms with E-state index in [0.717, 1.165) is 5.69 Å².